The van der Waals surface area contributed by atoms with E-state index in [0.717, 1.165) is 24.6 Å². The molecular weight excluding hydrogens is 228 g/mol. The van der Waals surface area contributed by atoms with E-state index in [1.165, 1.54) is 12.8 Å². The van der Waals surface area contributed by atoms with E-state index in [9.17, 15) is 0 Å². The van der Waals surface area contributed by atoms with Crippen LogP contribution in [-0.4, -0.2) is 30.3 Å². The Kier molecular flexibility index (Phi) is 4.96. The largest absolute Gasteiger partial charge is 0.488 e. The molecule has 1 heterocycles. The maximum atomic E-state index is 5.79. The molecule has 1 aromatic rings. The van der Waals surface area contributed by atoms with Crippen LogP contribution in [0.2, 0.25) is 0 Å². The van der Waals surface area contributed by atoms with Crippen molar-refractivity contribution >= 4 is 0 Å². The van der Waals surface area contributed by atoms with Gasteiger partial charge < -0.3 is 14.8 Å². The highest BCUT2D eigenvalue weighted by molar-refractivity contribution is 5.23. The van der Waals surface area contributed by atoms with Crippen LogP contribution in [0.3, 0.4) is 0 Å². The second kappa shape index (κ2) is 6.71. The van der Waals surface area contributed by atoms with E-state index in [1.54, 1.807) is 6.20 Å². The molecule has 18 heavy (non-hydrogen) atoms. The van der Waals surface area contributed by atoms with Gasteiger partial charge in [0.05, 0.1) is 12.3 Å². The molecule has 1 aromatic heterocycles. The van der Waals surface area contributed by atoms with Gasteiger partial charge in [-0.3, -0.25) is 4.98 Å². The minimum absolute atomic E-state index is 0.0663. The van der Waals surface area contributed by atoms with Gasteiger partial charge in [0.1, 0.15) is 11.9 Å². The SMILES string of the molecule is CCOCC(C)Oc1ccnc(CNC2CC2)c1. The molecule has 1 atom stereocenters. The molecule has 0 amide bonds. The van der Waals surface area contributed by atoms with Gasteiger partial charge in [0.25, 0.3) is 0 Å². The number of ether oxygens (including phenoxy) is 2. The smallest absolute Gasteiger partial charge is 0.123 e. The van der Waals surface area contributed by atoms with Crippen molar-refractivity contribution in [2.24, 2.45) is 0 Å². The summed E-state index contributed by atoms with van der Waals surface area (Å²) in [6.45, 7) is 6.16. The molecule has 1 unspecified atom stereocenters. The van der Waals surface area contributed by atoms with Crippen LogP contribution >= 0.6 is 0 Å². The highest BCUT2D eigenvalue weighted by atomic mass is 16.5. The molecule has 0 bridgehead atoms. The van der Waals surface area contributed by atoms with Crippen LogP contribution in [-0.2, 0) is 11.3 Å². The number of rotatable bonds is 8. The van der Waals surface area contributed by atoms with Crippen LogP contribution in [0.1, 0.15) is 32.4 Å². The minimum Gasteiger partial charge on any atom is -0.488 e. The zero-order valence-electron chi connectivity index (χ0n) is 11.2. The van der Waals surface area contributed by atoms with Crippen LogP contribution in [0.25, 0.3) is 0 Å². The summed E-state index contributed by atoms with van der Waals surface area (Å²) < 4.78 is 11.1. The van der Waals surface area contributed by atoms with Gasteiger partial charge in [-0.05, 0) is 32.8 Å². The summed E-state index contributed by atoms with van der Waals surface area (Å²) in [6.07, 6.45) is 4.45. The number of hydrogen-bond acceptors (Lipinski definition) is 4. The van der Waals surface area contributed by atoms with Gasteiger partial charge >= 0.3 is 0 Å². The zero-order chi connectivity index (χ0) is 12.8. The van der Waals surface area contributed by atoms with Gasteiger partial charge in [0, 0.05) is 31.5 Å². The molecule has 1 aliphatic rings. The summed E-state index contributed by atoms with van der Waals surface area (Å²) in [5.74, 6) is 0.866. The second-order valence-electron chi connectivity index (χ2n) is 4.73. The fraction of sp³-hybridized carbons (Fsp3) is 0.643. The zero-order valence-corrected chi connectivity index (χ0v) is 11.2. The van der Waals surface area contributed by atoms with Gasteiger partial charge in [-0.1, -0.05) is 0 Å². The Hall–Kier alpha value is -1.13. The van der Waals surface area contributed by atoms with E-state index < -0.39 is 0 Å². The van der Waals surface area contributed by atoms with Gasteiger partial charge in [-0.15, -0.1) is 0 Å². The Bertz CT molecular complexity index is 367. The highest BCUT2D eigenvalue weighted by Gasteiger charge is 2.20. The molecule has 100 valence electrons. The standard InChI is InChI=1S/C14H22N2O2/c1-3-17-10-11(2)18-14-6-7-15-13(8-14)9-16-12-4-5-12/h6-8,11-12,16H,3-5,9-10H2,1-2H3. The molecular formula is C14H22N2O2. The lowest BCUT2D eigenvalue weighted by molar-refractivity contribution is 0.0656. The molecule has 2 rings (SSSR count). The molecule has 4 heteroatoms. The first-order valence-corrected chi connectivity index (χ1v) is 6.70. The van der Waals surface area contributed by atoms with Crippen molar-refractivity contribution in [3.63, 3.8) is 0 Å². The Morgan fingerprint density at radius 1 is 1.50 bits per heavy atom. The lowest BCUT2D eigenvalue weighted by atomic mass is 10.3. The third-order valence-electron chi connectivity index (χ3n) is 2.83. The van der Waals surface area contributed by atoms with E-state index in [1.807, 2.05) is 26.0 Å². The van der Waals surface area contributed by atoms with Crippen molar-refractivity contribution < 1.29 is 9.47 Å². The van der Waals surface area contributed by atoms with Crippen molar-refractivity contribution in [1.82, 2.24) is 10.3 Å². The van der Waals surface area contributed by atoms with Gasteiger partial charge in [0.2, 0.25) is 0 Å². The Balaban J connectivity index is 1.81. The van der Waals surface area contributed by atoms with Crippen molar-refractivity contribution in [3.8, 4) is 5.75 Å². The number of hydrogen-bond donors (Lipinski definition) is 1. The van der Waals surface area contributed by atoms with Gasteiger partial charge in [-0.2, -0.15) is 0 Å². The third kappa shape index (κ3) is 4.63. The van der Waals surface area contributed by atoms with E-state index in [0.29, 0.717) is 12.6 Å². The number of nitrogens with zero attached hydrogens (tertiary/aromatic N) is 1. The van der Waals surface area contributed by atoms with Crippen molar-refractivity contribution in [2.45, 2.75) is 45.4 Å². The Labute approximate surface area is 109 Å². The Morgan fingerprint density at radius 2 is 2.33 bits per heavy atom. The predicted octanol–water partition coefficient (Wildman–Crippen LogP) is 2.14. The highest BCUT2D eigenvalue weighted by Crippen LogP contribution is 2.19. The molecule has 4 nitrogen and oxygen atoms in total. The quantitative estimate of drug-likeness (QED) is 0.767. The van der Waals surface area contributed by atoms with Gasteiger partial charge in [-0.25, -0.2) is 0 Å². The molecule has 0 radical (unpaired) electrons. The van der Waals surface area contributed by atoms with Crippen molar-refractivity contribution in [1.29, 1.82) is 0 Å². The number of pyridine rings is 1. The first kappa shape index (κ1) is 13.3. The maximum absolute atomic E-state index is 5.79. The lowest BCUT2D eigenvalue weighted by Crippen LogP contribution is -2.20. The number of aromatic nitrogens is 1. The van der Waals surface area contributed by atoms with E-state index >= 15 is 0 Å². The molecule has 1 aliphatic carbocycles. The number of nitrogens with one attached hydrogen (secondary N) is 1. The fourth-order valence-electron chi connectivity index (χ4n) is 1.71. The molecule has 0 spiro atoms. The van der Waals surface area contributed by atoms with E-state index in [-0.39, 0.29) is 6.10 Å². The van der Waals surface area contributed by atoms with Crippen LogP contribution in [0, 0.1) is 0 Å². The molecule has 1 fully saturated rings. The molecule has 0 saturated heterocycles. The Morgan fingerprint density at radius 3 is 3.06 bits per heavy atom. The molecule has 0 aromatic carbocycles. The summed E-state index contributed by atoms with van der Waals surface area (Å²) in [5.41, 5.74) is 1.03. The lowest BCUT2D eigenvalue weighted by Gasteiger charge is -2.15. The van der Waals surface area contributed by atoms with Crippen molar-refractivity contribution in [3.05, 3.63) is 24.0 Å². The average Bonchev–Trinajstić information content (AvgIpc) is 3.18. The van der Waals surface area contributed by atoms with E-state index in [4.69, 9.17) is 9.47 Å². The summed E-state index contributed by atoms with van der Waals surface area (Å²) in [4.78, 5) is 4.33. The summed E-state index contributed by atoms with van der Waals surface area (Å²) in [5, 5.41) is 3.44. The minimum atomic E-state index is 0.0663. The summed E-state index contributed by atoms with van der Waals surface area (Å²) in [6, 6.07) is 4.59. The fourth-order valence-corrected chi connectivity index (χ4v) is 1.71. The molecule has 0 aliphatic heterocycles. The predicted molar refractivity (Wildman–Crippen MR) is 70.7 cm³/mol. The van der Waals surface area contributed by atoms with Crippen LogP contribution in [0.15, 0.2) is 18.3 Å². The first-order chi connectivity index (χ1) is 8.78. The van der Waals surface area contributed by atoms with Crippen LogP contribution in [0.4, 0.5) is 0 Å². The topological polar surface area (TPSA) is 43.4 Å². The first-order valence-electron chi connectivity index (χ1n) is 6.70. The maximum Gasteiger partial charge on any atom is 0.123 e. The molecule has 1 N–H and O–H groups in total. The normalized spacial score (nSPS) is 16.6. The molecule has 1 saturated carbocycles. The summed E-state index contributed by atoms with van der Waals surface area (Å²) >= 11 is 0. The summed E-state index contributed by atoms with van der Waals surface area (Å²) in [7, 11) is 0. The van der Waals surface area contributed by atoms with E-state index in [2.05, 4.69) is 10.3 Å². The van der Waals surface area contributed by atoms with Crippen LogP contribution in [0.5, 0.6) is 5.75 Å². The average molecular weight is 250 g/mol. The second-order valence-corrected chi connectivity index (χ2v) is 4.73. The van der Waals surface area contributed by atoms with Gasteiger partial charge in [0.15, 0.2) is 0 Å². The van der Waals surface area contributed by atoms with Crippen LogP contribution < -0.4 is 10.1 Å². The monoisotopic (exact) mass is 250 g/mol. The van der Waals surface area contributed by atoms with Crippen molar-refractivity contribution in [2.75, 3.05) is 13.2 Å². The third-order valence-corrected chi connectivity index (χ3v) is 2.83.